The molecule has 0 fully saturated rings. The molecule has 0 aliphatic heterocycles. The van der Waals surface area contributed by atoms with Gasteiger partial charge in [0.15, 0.2) is 0 Å². The van der Waals surface area contributed by atoms with E-state index >= 15 is 0 Å². The summed E-state index contributed by atoms with van der Waals surface area (Å²) in [6.07, 6.45) is 0. The highest BCUT2D eigenvalue weighted by Crippen LogP contribution is 2.33. The molecule has 0 saturated carbocycles. The van der Waals surface area contributed by atoms with Gasteiger partial charge < -0.3 is 0 Å². The number of aryl methyl sites for hydroxylation is 1. The molecule has 2 N–H and O–H groups in total. The highest BCUT2D eigenvalue weighted by atomic mass is 35.5. The summed E-state index contributed by atoms with van der Waals surface area (Å²) >= 11 is 12.1. The predicted molar refractivity (Wildman–Crippen MR) is 99.9 cm³/mol. The molecular formula is C17H15Cl2N3O2S. The molecular weight excluding hydrogens is 381 g/mol. The third-order valence-corrected chi connectivity index (χ3v) is 5.58. The lowest BCUT2D eigenvalue weighted by atomic mass is 10.0. The second-order valence-corrected chi connectivity index (χ2v) is 8.00. The summed E-state index contributed by atoms with van der Waals surface area (Å²) in [7, 11) is -3.72. The van der Waals surface area contributed by atoms with Crippen LogP contribution in [0.3, 0.4) is 0 Å². The highest BCUT2D eigenvalue weighted by molar-refractivity contribution is 7.89. The maximum atomic E-state index is 11.4. The molecule has 0 atom stereocenters. The van der Waals surface area contributed by atoms with Crippen molar-refractivity contribution in [3.63, 3.8) is 0 Å². The minimum atomic E-state index is -3.72. The molecule has 25 heavy (non-hydrogen) atoms. The van der Waals surface area contributed by atoms with Crippen LogP contribution < -0.4 is 5.14 Å². The zero-order chi connectivity index (χ0) is 18.4. The Morgan fingerprint density at radius 1 is 1.00 bits per heavy atom. The van der Waals surface area contributed by atoms with Gasteiger partial charge in [-0.15, -0.1) is 0 Å². The normalized spacial score (nSPS) is 11.7. The third kappa shape index (κ3) is 3.43. The summed E-state index contributed by atoms with van der Waals surface area (Å²) in [6, 6.07) is 11.7. The lowest BCUT2D eigenvalue weighted by Crippen LogP contribution is -2.12. The molecule has 5 nitrogen and oxygen atoms in total. The SMILES string of the molecule is Cc1nn(-c2ccc(S(N)(=O)=O)cc2)c(C)c1-c1ccc(Cl)c(Cl)c1. The molecule has 1 aromatic heterocycles. The van der Waals surface area contributed by atoms with Crippen LogP contribution >= 0.6 is 23.2 Å². The summed E-state index contributed by atoms with van der Waals surface area (Å²) in [6.45, 7) is 3.84. The van der Waals surface area contributed by atoms with E-state index in [2.05, 4.69) is 5.10 Å². The first kappa shape index (κ1) is 17.9. The largest absolute Gasteiger partial charge is 0.238 e. The Kier molecular flexibility index (Phi) is 4.64. The van der Waals surface area contributed by atoms with E-state index in [1.54, 1.807) is 28.9 Å². The van der Waals surface area contributed by atoms with Gasteiger partial charge in [0.2, 0.25) is 10.0 Å². The van der Waals surface area contributed by atoms with Crippen LogP contribution in [0.5, 0.6) is 0 Å². The van der Waals surface area contributed by atoms with Crippen molar-refractivity contribution >= 4 is 33.2 Å². The van der Waals surface area contributed by atoms with E-state index in [0.717, 1.165) is 28.2 Å². The quantitative estimate of drug-likeness (QED) is 0.724. The van der Waals surface area contributed by atoms with Crippen molar-refractivity contribution in [3.8, 4) is 16.8 Å². The summed E-state index contributed by atoms with van der Waals surface area (Å²) in [5.41, 5.74) is 4.33. The van der Waals surface area contributed by atoms with Crippen molar-refractivity contribution in [2.75, 3.05) is 0 Å². The molecule has 0 radical (unpaired) electrons. The maximum Gasteiger partial charge on any atom is 0.238 e. The lowest BCUT2D eigenvalue weighted by Gasteiger charge is -2.07. The molecule has 8 heteroatoms. The first-order valence-corrected chi connectivity index (χ1v) is 9.63. The monoisotopic (exact) mass is 395 g/mol. The number of benzene rings is 2. The van der Waals surface area contributed by atoms with Crippen LogP contribution in [-0.2, 0) is 10.0 Å². The van der Waals surface area contributed by atoms with Crippen LogP contribution in [0.15, 0.2) is 47.4 Å². The Morgan fingerprint density at radius 2 is 1.64 bits per heavy atom. The maximum absolute atomic E-state index is 11.4. The average molecular weight is 396 g/mol. The van der Waals surface area contributed by atoms with E-state index in [0.29, 0.717) is 10.0 Å². The number of hydrogen-bond acceptors (Lipinski definition) is 3. The van der Waals surface area contributed by atoms with E-state index in [1.807, 2.05) is 19.9 Å². The van der Waals surface area contributed by atoms with E-state index in [-0.39, 0.29) is 4.90 Å². The summed E-state index contributed by atoms with van der Waals surface area (Å²) in [5.74, 6) is 0. The molecule has 1 heterocycles. The van der Waals surface area contributed by atoms with Crippen molar-refractivity contribution in [2.45, 2.75) is 18.7 Å². The number of nitrogens with zero attached hydrogens (tertiary/aromatic N) is 2. The first-order chi connectivity index (χ1) is 11.7. The van der Waals surface area contributed by atoms with E-state index < -0.39 is 10.0 Å². The van der Waals surface area contributed by atoms with Crippen molar-refractivity contribution in [2.24, 2.45) is 5.14 Å². The fourth-order valence-corrected chi connectivity index (χ4v) is 3.55. The Morgan fingerprint density at radius 3 is 2.20 bits per heavy atom. The van der Waals surface area contributed by atoms with E-state index in [9.17, 15) is 8.42 Å². The van der Waals surface area contributed by atoms with Crippen LogP contribution in [0.4, 0.5) is 0 Å². The average Bonchev–Trinajstić information content (AvgIpc) is 2.84. The summed E-state index contributed by atoms with van der Waals surface area (Å²) in [4.78, 5) is 0.0579. The van der Waals surface area contributed by atoms with Crippen LogP contribution in [0.25, 0.3) is 16.8 Å². The molecule has 2 aromatic carbocycles. The Hall–Kier alpha value is -1.86. The first-order valence-electron chi connectivity index (χ1n) is 7.33. The Bertz CT molecular complexity index is 1060. The van der Waals surface area contributed by atoms with Gasteiger partial charge in [-0.3, -0.25) is 0 Å². The molecule has 0 amide bonds. The summed E-state index contributed by atoms with van der Waals surface area (Å²) in [5, 5.41) is 10.7. The van der Waals surface area contributed by atoms with Crippen LogP contribution in [0.1, 0.15) is 11.4 Å². The molecule has 0 aliphatic carbocycles. The van der Waals surface area contributed by atoms with Crippen molar-refractivity contribution in [3.05, 3.63) is 63.9 Å². The number of primary sulfonamides is 1. The van der Waals surface area contributed by atoms with Gasteiger partial charge in [0.25, 0.3) is 0 Å². The van der Waals surface area contributed by atoms with Crippen LogP contribution in [0.2, 0.25) is 10.0 Å². The topological polar surface area (TPSA) is 78.0 Å². The molecule has 0 bridgehead atoms. The number of hydrogen-bond donors (Lipinski definition) is 1. The zero-order valence-electron chi connectivity index (χ0n) is 13.5. The minimum Gasteiger partial charge on any atom is -0.237 e. The van der Waals surface area contributed by atoms with Crippen molar-refractivity contribution < 1.29 is 8.42 Å². The Balaban J connectivity index is 2.09. The minimum absolute atomic E-state index is 0.0579. The molecule has 0 saturated heterocycles. The smallest absolute Gasteiger partial charge is 0.237 e. The fourth-order valence-electron chi connectivity index (χ4n) is 2.74. The number of rotatable bonds is 3. The molecule has 3 rings (SSSR count). The van der Waals surface area contributed by atoms with Gasteiger partial charge in [0.1, 0.15) is 0 Å². The number of halogens is 2. The van der Waals surface area contributed by atoms with Gasteiger partial charge in [0.05, 0.1) is 26.3 Å². The summed E-state index contributed by atoms with van der Waals surface area (Å²) < 4.78 is 24.5. The number of nitrogens with two attached hydrogens (primary N) is 1. The van der Waals surface area contributed by atoms with Gasteiger partial charge >= 0.3 is 0 Å². The number of sulfonamides is 1. The van der Waals surface area contributed by atoms with Crippen LogP contribution in [0, 0.1) is 13.8 Å². The molecule has 0 spiro atoms. The molecule has 3 aromatic rings. The van der Waals surface area contributed by atoms with Gasteiger partial charge in [-0.2, -0.15) is 5.10 Å². The Labute approximate surface area is 156 Å². The predicted octanol–water partition coefficient (Wildman–Crippen LogP) is 4.11. The van der Waals surface area contributed by atoms with Gasteiger partial charge in [-0.25, -0.2) is 18.2 Å². The van der Waals surface area contributed by atoms with E-state index in [1.165, 1.54) is 12.1 Å². The standard InChI is InChI=1S/C17H15Cl2N3O2S/c1-10-17(12-3-8-15(18)16(19)9-12)11(2)22(21-10)13-4-6-14(7-5-13)25(20,23)24/h3-9H,1-2H3,(H2,20,23,24). The number of aromatic nitrogens is 2. The molecule has 0 unspecified atom stereocenters. The highest BCUT2D eigenvalue weighted by Gasteiger charge is 2.16. The lowest BCUT2D eigenvalue weighted by molar-refractivity contribution is 0.598. The van der Waals surface area contributed by atoms with Crippen molar-refractivity contribution in [1.82, 2.24) is 9.78 Å². The van der Waals surface area contributed by atoms with E-state index in [4.69, 9.17) is 28.3 Å². The second-order valence-electron chi connectivity index (χ2n) is 5.63. The molecule has 130 valence electrons. The fraction of sp³-hybridized carbons (Fsp3) is 0.118. The third-order valence-electron chi connectivity index (χ3n) is 3.91. The second kappa shape index (κ2) is 6.46. The van der Waals surface area contributed by atoms with Gasteiger partial charge in [-0.05, 0) is 55.8 Å². The van der Waals surface area contributed by atoms with Gasteiger partial charge in [-0.1, -0.05) is 29.3 Å². The van der Waals surface area contributed by atoms with Gasteiger partial charge in [0, 0.05) is 11.3 Å². The molecule has 0 aliphatic rings. The zero-order valence-corrected chi connectivity index (χ0v) is 15.8. The van der Waals surface area contributed by atoms with Crippen LogP contribution in [-0.4, -0.2) is 18.2 Å². The van der Waals surface area contributed by atoms with Crippen molar-refractivity contribution in [1.29, 1.82) is 0 Å².